The van der Waals surface area contributed by atoms with E-state index in [-0.39, 0.29) is 11.6 Å². The first-order valence-corrected chi connectivity index (χ1v) is 5.53. The Labute approximate surface area is 96.7 Å². The van der Waals surface area contributed by atoms with E-state index < -0.39 is 5.41 Å². The topological polar surface area (TPSA) is 34.1 Å². The van der Waals surface area contributed by atoms with Crippen molar-refractivity contribution in [3.05, 3.63) is 35.9 Å². The van der Waals surface area contributed by atoms with Crippen molar-refractivity contribution in [2.45, 2.75) is 33.6 Å². The molecule has 0 unspecified atom stereocenters. The van der Waals surface area contributed by atoms with Gasteiger partial charge in [-0.05, 0) is 13.3 Å². The number of carbonyl (C=O) groups is 2. The molecule has 0 aliphatic rings. The monoisotopic (exact) mass is 218 g/mol. The molecule has 0 aliphatic heterocycles. The van der Waals surface area contributed by atoms with Crippen LogP contribution in [0.4, 0.5) is 0 Å². The summed E-state index contributed by atoms with van der Waals surface area (Å²) in [4.78, 5) is 23.1. The fraction of sp³-hybridized carbons (Fsp3) is 0.429. The molecule has 0 atom stereocenters. The SMILES string of the molecule is CC(=O)CCC(C)(C)C(=O)c1ccccc1. The van der Waals surface area contributed by atoms with Gasteiger partial charge in [-0.2, -0.15) is 0 Å². The summed E-state index contributed by atoms with van der Waals surface area (Å²) >= 11 is 0. The maximum atomic E-state index is 12.2. The summed E-state index contributed by atoms with van der Waals surface area (Å²) < 4.78 is 0. The van der Waals surface area contributed by atoms with Gasteiger partial charge in [-0.25, -0.2) is 0 Å². The molecule has 1 aromatic rings. The molecule has 0 saturated heterocycles. The molecule has 0 aliphatic carbocycles. The second-order valence-electron chi connectivity index (χ2n) is 4.78. The van der Waals surface area contributed by atoms with Gasteiger partial charge in [0.2, 0.25) is 0 Å². The molecule has 2 nitrogen and oxygen atoms in total. The Morgan fingerprint density at radius 3 is 2.19 bits per heavy atom. The Bertz CT molecular complexity index is 377. The highest BCUT2D eigenvalue weighted by molar-refractivity contribution is 6.00. The molecular formula is C14H18O2. The number of hydrogen-bond donors (Lipinski definition) is 0. The summed E-state index contributed by atoms with van der Waals surface area (Å²) in [5, 5.41) is 0. The van der Waals surface area contributed by atoms with Crippen molar-refractivity contribution < 1.29 is 9.59 Å². The summed E-state index contributed by atoms with van der Waals surface area (Å²) in [5.41, 5.74) is 0.253. The molecule has 0 radical (unpaired) electrons. The van der Waals surface area contributed by atoms with Crippen molar-refractivity contribution >= 4 is 11.6 Å². The molecule has 0 N–H and O–H groups in total. The van der Waals surface area contributed by atoms with E-state index in [9.17, 15) is 9.59 Å². The molecular weight excluding hydrogens is 200 g/mol. The van der Waals surface area contributed by atoms with Crippen LogP contribution in [-0.2, 0) is 4.79 Å². The van der Waals surface area contributed by atoms with Crippen molar-refractivity contribution in [2.75, 3.05) is 0 Å². The lowest BCUT2D eigenvalue weighted by Crippen LogP contribution is -2.25. The summed E-state index contributed by atoms with van der Waals surface area (Å²) in [6.45, 7) is 5.35. The minimum Gasteiger partial charge on any atom is -0.300 e. The van der Waals surface area contributed by atoms with Gasteiger partial charge in [0.25, 0.3) is 0 Å². The smallest absolute Gasteiger partial charge is 0.168 e. The van der Waals surface area contributed by atoms with Gasteiger partial charge in [-0.1, -0.05) is 44.2 Å². The van der Waals surface area contributed by atoms with Gasteiger partial charge in [0, 0.05) is 17.4 Å². The molecule has 0 saturated carbocycles. The molecule has 86 valence electrons. The third kappa shape index (κ3) is 3.30. The summed E-state index contributed by atoms with van der Waals surface area (Å²) in [6, 6.07) is 9.23. The van der Waals surface area contributed by atoms with Crippen LogP contribution in [0.3, 0.4) is 0 Å². The van der Waals surface area contributed by atoms with Crippen LogP contribution >= 0.6 is 0 Å². The van der Waals surface area contributed by atoms with Crippen molar-refractivity contribution in [1.29, 1.82) is 0 Å². The summed E-state index contributed by atoms with van der Waals surface area (Å²) in [5.74, 6) is 0.239. The van der Waals surface area contributed by atoms with Crippen molar-refractivity contribution in [2.24, 2.45) is 5.41 Å². The average Bonchev–Trinajstić information content (AvgIpc) is 2.27. The minimum absolute atomic E-state index is 0.106. The van der Waals surface area contributed by atoms with E-state index >= 15 is 0 Å². The molecule has 0 fully saturated rings. The van der Waals surface area contributed by atoms with Crippen LogP contribution in [0.25, 0.3) is 0 Å². The predicted octanol–water partition coefficient (Wildman–Crippen LogP) is 3.26. The van der Waals surface area contributed by atoms with Crippen molar-refractivity contribution in [1.82, 2.24) is 0 Å². The van der Waals surface area contributed by atoms with E-state index in [1.807, 2.05) is 44.2 Å². The molecule has 0 bridgehead atoms. The van der Waals surface area contributed by atoms with E-state index in [4.69, 9.17) is 0 Å². The maximum Gasteiger partial charge on any atom is 0.168 e. The normalized spacial score (nSPS) is 11.2. The fourth-order valence-corrected chi connectivity index (χ4v) is 1.58. The Morgan fingerprint density at radius 1 is 1.12 bits per heavy atom. The van der Waals surface area contributed by atoms with Crippen LogP contribution in [0.15, 0.2) is 30.3 Å². The highest BCUT2D eigenvalue weighted by Gasteiger charge is 2.28. The van der Waals surface area contributed by atoms with E-state index in [0.717, 1.165) is 5.56 Å². The van der Waals surface area contributed by atoms with Crippen molar-refractivity contribution in [3.63, 3.8) is 0 Å². The molecule has 2 heteroatoms. The first-order valence-electron chi connectivity index (χ1n) is 5.53. The van der Waals surface area contributed by atoms with E-state index in [2.05, 4.69) is 0 Å². The van der Waals surface area contributed by atoms with Crippen LogP contribution in [0.5, 0.6) is 0 Å². The minimum atomic E-state index is -0.465. The first-order chi connectivity index (χ1) is 7.43. The standard InChI is InChI=1S/C14H18O2/c1-11(15)9-10-14(2,3)13(16)12-7-5-4-6-8-12/h4-8H,9-10H2,1-3H3. The number of carbonyl (C=O) groups excluding carboxylic acids is 2. The lowest BCUT2D eigenvalue weighted by Gasteiger charge is -2.22. The van der Waals surface area contributed by atoms with E-state index in [0.29, 0.717) is 12.8 Å². The summed E-state index contributed by atoms with van der Waals surface area (Å²) in [7, 11) is 0. The molecule has 0 aromatic heterocycles. The fourth-order valence-electron chi connectivity index (χ4n) is 1.58. The van der Waals surface area contributed by atoms with Crippen LogP contribution in [-0.4, -0.2) is 11.6 Å². The van der Waals surface area contributed by atoms with E-state index in [1.54, 1.807) is 6.92 Å². The molecule has 0 spiro atoms. The van der Waals surface area contributed by atoms with Gasteiger partial charge < -0.3 is 4.79 Å². The lowest BCUT2D eigenvalue weighted by atomic mass is 9.80. The second kappa shape index (κ2) is 5.06. The Kier molecular flexibility index (Phi) is 3.99. The summed E-state index contributed by atoms with van der Waals surface area (Å²) in [6.07, 6.45) is 1.07. The zero-order valence-corrected chi connectivity index (χ0v) is 10.1. The molecule has 1 aromatic carbocycles. The average molecular weight is 218 g/mol. The number of benzene rings is 1. The van der Waals surface area contributed by atoms with Crippen molar-refractivity contribution in [3.8, 4) is 0 Å². The first kappa shape index (κ1) is 12.6. The third-order valence-electron chi connectivity index (χ3n) is 2.75. The Hall–Kier alpha value is -1.44. The highest BCUT2D eigenvalue weighted by atomic mass is 16.1. The quantitative estimate of drug-likeness (QED) is 0.711. The molecule has 1 rings (SSSR count). The lowest BCUT2D eigenvalue weighted by molar-refractivity contribution is -0.117. The van der Waals surface area contributed by atoms with Crippen LogP contribution in [0.1, 0.15) is 44.0 Å². The van der Waals surface area contributed by atoms with Gasteiger partial charge in [0.1, 0.15) is 5.78 Å². The second-order valence-corrected chi connectivity index (χ2v) is 4.78. The number of Topliss-reactive ketones (excluding diaryl/α,β-unsaturated/α-hetero) is 2. The van der Waals surface area contributed by atoms with Gasteiger partial charge >= 0.3 is 0 Å². The Balaban J connectivity index is 2.76. The van der Waals surface area contributed by atoms with Gasteiger partial charge in [-0.15, -0.1) is 0 Å². The number of rotatable bonds is 5. The predicted molar refractivity (Wildman–Crippen MR) is 64.5 cm³/mol. The van der Waals surface area contributed by atoms with Crippen LogP contribution < -0.4 is 0 Å². The zero-order valence-electron chi connectivity index (χ0n) is 10.1. The molecule has 0 amide bonds. The number of hydrogen-bond acceptors (Lipinski definition) is 2. The van der Waals surface area contributed by atoms with Gasteiger partial charge in [0.05, 0.1) is 0 Å². The van der Waals surface area contributed by atoms with Crippen LogP contribution in [0, 0.1) is 5.41 Å². The van der Waals surface area contributed by atoms with E-state index in [1.165, 1.54) is 0 Å². The highest BCUT2D eigenvalue weighted by Crippen LogP contribution is 2.27. The largest absolute Gasteiger partial charge is 0.300 e. The Morgan fingerprint density at radius 2 is 1.69 bits per heavy atom. The van der Waals surface area contributed by atoms with Gasteiger partial charge in [-0.3, -0.25) is 4.79 Å². The van der Waals surface area contributed by atoms with Gasteiger partial charge in [0.15, 0.2) is 5.78 Å². The molecule has 0 heterocycles. The third-order valence-corrected chi connectivity index (χ3v) is 2.75. The van der Waals surface area contributed by atoms with Crippen LogP contribution in [0.2, 0.25) is 0 Å². The zero-order chi connectivity index (χ0) is 12.2. The molecule has 16 heavy (non-hydrogen) atoms. The number of ketones is 2. The maximum absolute atomic E-state index is 12.2.